The van der Waals surface area contributed by atoms with Crippen LogP contribution in [0.5, 0.6) is 11.5 Å². The lowest BCUT2D eigenvalue weighted by molar-refractivity contribution is -0.389. The number of amides is 1. The first kappa shape index (κ1) is 14.8. The van der Waals surface area contributed by atoms with E-state index in [1.807, 2.05) is 6.07 Å². The van der Waals surface area contributed by atoms with Crippen LogP contribution in [0.4, 0.5) is 5.82 Å². The molecule has 0 bridgehead atoms. The van der Waals surface area contributed by atoms with Crippen molar-refractivity contribution in [3.63, 3.8) is 0 Å². The van der Waals surface area contributed by atoms with Gasteiger partial charge >= 0.3 is 5.82 Å². The van der Waals surface area contributed by atoms with E-state index >= 15 is 0 Å². The smallest absolute Gasteiger partial charge is 0.390 e. The molecule has 0 saturated heterocycles. The molecule has 1 aromatic heterocycles. The maximum absolute atomic E-state index is 12.0. The molecule has 9 nitrogen and oxygen atoms in total. The number of nitrogens with zero attached hydrogens (tertiary/aromatic N) is 3. The van der Waals surface area contributed by atoms with Crippen LogP contribution in [-0.2, 0) is 17.9 Å². The minimum atomic E-state index is -0.589. The molecule has 0 radical (unpaired) electrons. The molecule has 1 aliphatic rings. The topological polar surface area (TPSA) is 109 Å². The van der Waals surface area contributed by atoms with Crippen molar-refractivity contribution in [2.45, 2.75) is 20.0 Å². The molecule has 1 N–H and O–H groups in total. The summed E-state index contributed by atoms with van der Waals surface area (Å²) in [5.74, 6) is 0.768. The highest BCUT2D eigenvalue weighted by molar-refractivity contribution is 5.75. The molecule has 2 heterocycles. The fraction of sp³-hybridized carbons (Fsp3) is 0.286. The van der Waals surface area contributed by atoms with Crippen molar-refractivity contribution in [1.82, 2.24) is 15.1 Å². The SMILES string of the molecule is Cc1cc([N+](=O)[O-])nn1CC(=O)NCc1ccc2c(c1)OCO2. The van der Waals surface area contributed by atoms with E-state index in [1.165, 1.54) is 10.7 Å². The van der Waals surface area contributed by atoms with E-state index in [2.05, 4.69) is 10.4 Å². The summed E-state index contributed by atoms with van der Waals surface area (Å²) < 4.78 is 11.8. The molecule has 3 rings (SSSR count). The van der Waals surface area contributed by atoms with Crippen LogP contribution in [0.3, 0.4) is 0 Å². The third-order valence-corrected chi connectivity index (χ3v) is 3.38. The summed E-state index contributed by atoms with van der Waals surface area (Å²) in [7, 11) is 0. The third-order valence-electron chi connectivity index (χ3n) is 3.38. The van der Waals surface area contributed by atoms with Crippen molar-refractivity contribution in [3.8, 4) is 11.5 Å². The number of rotatable bonds is 5. The van der Waals surface area contributed by atoms with Crippen molar-refractivity contribution in [1.29, 1.82) is 0 Å². The number of carbonyl (C=O) groups is 1. The number of aromatic nitrogens is 2. The molecule has 1 aliphatic heterocycles. The predicted molar refractivity (Wildman–Crippen MR) is 78.0 cm³/mol. The second-order valence-electron chi connectivity index (χ2n) is 5.02. The van der Waals surface area contributed by atoms with Gasteiger partial charge in [0.1, 0.15) is 6.54 Å². The van der Waals surface area contributed by atoms with Crippen LogP contribution in [0.25, 0.3) is 0 Å². The Balaban J connectivity index is 1.58. The molecule has 0 unspecified atom stereocenters. The van der Waals surface area contributed by atoms with Crippen LogP contribution in [0.2, 0.25) is 0 Å². The predicted octanol–water partition coefficient (Wildman–Crippen LogP) is 1.14. The van der Waals surface area contributed by atoms with Crippen LogP contribution in [-0.4, -0.2) is 27.4 Å². The Bertz CT molecular complexity index is 771. The summed E-state index contributed by atoms with van der Waals surface area (Å²) >= 11 is 0. The lowest BCUT2D eigenvalue weighted by Crippen LogP contribution is -2.27. The highest BCUT2D eigenvalue weighted by Gasteiger charge is 2.18. The van der Waals surface area contributed by atoms with Gasteiger partial charge in [0, 0.05) is 6.54 Å². The molecule has 0 saturated carbocycles. The van der Waals surface area contributed by atoms with Gasteiger partial charge in [-0.2, -0.15) is 4.68 Å². The summed E-state index contributed by atoms with van der Waals surface area (Å²) in [6.45, 7) is 2.09. The van der Waals surface area contributed by atoms with Crippen molar-refractivity contribution in [2.75, 3.05) is 6.79 Å². The number of carbonyl (C=O) groups excluding carboxylic acids is 1. The van der Waals surface area contributed by atoms with Crippen LogP contribution in [0.15, 0.2) is 24.3 Å². The monoisotopic (exact) mass is 318 g/mol. The van der Waals surface area contributed by atoms with Crippen LogP contribution in [0.1, 0.15) is 11.3 Å². The molecule has 0 spiro atoms. The first-order chi connectivity index (χ1) is 11.0. The number of fused-ring (bicyclic) bond motifs is 1. The summed E-state index contributed by atoms with van der Waals surface area (Å²) in [6, 6.07) is 6.74. The number of ether oxygens (including phenoxy) is 2. The van der Waals surface area contributed by atoms with Gasteiger partial charge in [-0.3, -0.25) is 4.79 Å². The number of aryl methyl sites for hydroxylation is 1. The molecule has 1 amide bonds. The van der Waals surface area contributed by atoms with E-state index in [0.717, 1.165) is 5.56 Å². The van der Waals surface area contributed by atoms with Gasteiger partial charge in [-0.15, -0.1) is 0 Å². The Kier molecular flexibility index (Phi) is 3.83. The fourth-order valence-corrected chi connectivity index (χ4v) is 2.19. The number of benzene rings is 1. The largest absolute Gasteiger partial charge is 0.454 e. The first-order valence-corrected chi connectivity index (χ1v) is 6.87. The van der Waals surface area contributed by atoms with Gasteiger partial charge in [0.15, 0.2) is 11.5 Å². The summed E-state index contributed by atoms with van der Waals surface area (Å²) in [5, 5.41) is 17.2. The summed E-state index contributed by atoms with van der Waals surface area (Å²) in [5.41, 5.74) is 1.42. The van der Waals surface area contributed by atoms with Gasteiger partial charge < -0.3 is 24.9 Å². The lowest BCUT2D eigenvalue weighted by atomic mass is 10.2. The molecule has 1 aromatic carbocycles. The molecule has 0 fully saturated rings. The van der Waals surface area contributed by atoms with Crippen molar-refractivity contribution < 1.29 is 19.2 Å². The van der Waals surface area contributed by atoms with Gasteiger partial charge in [-0.25, -0.2) is 0 Å². The highest BCUT2D eigenvalue weighted by Crippen LogP contribution is 2.32. The number of hydrogen-bond acceptors (Lipinski definition) is 6. The van der Waals surface area contributed by atoms with Crippen molar-refractivity contribution in [3.05, 3.63) is 45.6 Å². The molecular weight excluding hydrogens is 304 g/mol. The summed E-state index contributed by atoms with van der Waals surface area (Å²) in [4.78, 5) is 22.0. The molecule has 2 aromatic rings. The molecule has 9 heteroatoms. The zero-order valence-electron chi connectivity index (χ0n) is 12.3. The van der Waals surface area contributed by atoms with Crippen LogP contribution in [0, 0.1) is 17.0 Å². The molecule has 120 valence electrons. The van der Waals surface area contributed by atoms with Gasteiger partial charge in [-0.1, -0.05) is 6.07 Å². The lowest BCUT2D eigenvalue weighted by Gasteiger charge is -2.06. The van der Waals surface area contributed by atoms with E-state index in [9.17, 15) is 14.9 Å². The van der Waals surface area contributed by atoms with Gasteiger partial charge in [0.25, 0.3) is 0 Å². The van der Waals surface area contributed by atoms with Gasteiger partial charge in [0.2, 0.25) is 12.7 Å². The van der Waals surface area contributed by atoms with E-state index in [0.29, 0.717) is 23.7 Å². The van der Waals surface area contributed by atoms with Crippen LogP contribution >= 0.6 is 0 Å². The normalized spacial score (nSPS) is 12.2. The second kappa shape index (κ2) is 5.95. The minimum absolute atomic E-state index is 0.0791. The standard InChI is InChI=1S/C14H14N4O5/c1-9-4-13(18(20)21)16-17(9)7-14(19)15-6-10-2-3-11-12(5-10)23-8-22-11/h2-5H,6-8H2,1H3,(H,15,19). The quantitative estimate of drug-likeness (QED) is 0.654. The van der Waals surface area contributed by atoms with Crippen LogP contribution < -0.4 is 14.8 Å². The molecule has 0 atom stereocenters. The first-order valence-electron chi connectivity index (χ1n) is 6.87. The van der Waals surface area contributed by atoms with E-state index in [1.54, 1.807) is 19.1 Å². The average Bonchev–Trinajstić information content (AvgIpc) is 3.12. The van der Waals surface area contributed by atoms with Gasteiger partial charge in [0.05, 0.1) is 16.9 Å². The van der Waals surface area contributed by atoms with E-state index in [-0.39, 0.29) is 25.1 Å². The maximum Gasteiger partial charge on any atom is 0.390 e. The Morgan fingerprint density at radius 2 is 2.17 bits per heavy atom. The van der Waals surface area contributed by atoms with E-state index in [4.69, 9.17) is 9.47 Å². The van der Waals surface area contributed by atoms with Crippen molar-refractivity contribution >= 4 is 11.7 Å². The maximum atomic E-state index is 12.0. The molecule has 23 heavy (non-hydrogen) atoms. The minimum Gasteiger partial charge on any atom is -0.454 e. The van der Waals surface area contributed by atoms with E-state index < -0.39 is 4.92 Å². The number of hydrogen-bond donors (Lipinski definition) is 1. The highest BCUT2D eigenvalue weighted by atomic mass is 16.7. The number of nitrogens with one attached hydrogen (secondary N) is 1. The summed E-state index contributed by atoms with van der Waals surface area (Å²) in [6.07, 6.45) is 0. The third kappa shape index (κ3) is 3.23. The Hall–Kier alpha value is -3.10. The Labute approximate surface area is 131 Å². The second-order valence-corrected chi connectivity index (χ2v) is 5.02. The van der Waals surface area contributed by atoms with Gasteiger partial charge in [-0.05, 0) is 29.5 Å². The van der Waals surface area contributed by atoms with Crippen molar-refractivity contribution in [2.24, 2.45) is 0 Å². The average molecular weight is 318 g/mol. The fourth-order valence-electron chi connectivity index (χ4n) is 2.19. The Morgan fingerprint density at radius 3 is 2.91 bits per heavy atom. The zero-order valence-corrected chi connectivity index (χ0v) is 12.3. The molecular formula is C14H14N4O5. The number of nitro groups is 1. The Morgan fingerprint density at radius 1 is 1.39 bits per heavy atom. The zero-order chi connectivity index (χ0) is 16.4. The molecule has 0 aliphatic carbocycles.